The van der Waals surface area contributed by atoms with Gasteiger partial charge in [-0.15, -0.1) is 0 Å². The number of nitrogens with one attached hydrogen (secondary N) is 3. The topological polar surface area (TPSA) is 82.7 Å². The molecule has 1 amide bonds. The Morgan fingerprint density at radius 3 is 2.55 bits per heavy atom. The van der Waals surface area contributed by atoms with Crippen LogP contribution in [0, 0.1) is 0 Å². The maximum absolute atomic E-state index is 12.3. The molecule has 6 heteroatoms. The first-order chi connectivity index (χ1) is 14.3. The van der Waals surface area contributed by atoms with Crippen molar-refractivity contribution in [3.63, 3.8) is 0 Å². The van der Waals surface area contributed by atoms with Gasteiger partial charge in [-0.05, 0) is 30.0 Å². The van der Waals surface area contributed by atoms with Gasteiger partial charge in [0.15, 0.2) is 0 Å². The van der Waals surface area contributed by atoms with Crippen LogP contribution in [0.4, 0.5) is 5.82 Å². The highest BCUT2D eigenvalue weighted by molar-refractivity contribution is 5.92. The molecule has 2 heterocycles. The van der Waals surface area contributed by atoms with Crippen LogP contribution < -0.4 is 10.6 Å². The van der Waals surface area contributed by atoms with E-state index in [1.165, 1.54) is 22.7 Å². The maximum atomic E-state index is 12.3. The average molecular weight is 385 g/mol. The van der Waals surface area contributed by atoms with Gasteiger partial charge in [0.2, 0.25) is 0 Å². The van der Waals surface area contributed by atoms with Crippen LogP contribution in [0.1, 0.15) is 21.6 Å². The highest BCUT2D eigenvalue weighted by Crippen LogP contribution is 2.17. The number of carbonyl (C=O) groups excluding carboxylic acids is 1. The zero-order valence-electron chi connectivity index (χ0n) is 16.1. The van der Waals surface area contributed by atoms with E-state index < -0.39 is 0 Å². The summed E-state index contributed by atoms with van der Waals surface area (Å²) in [5.74, 6) is 0.449. The first kappa shape index (κ1) is 18.7. The molecule has 0 fully saturated rings. The van der Waals surface area contributed by atoms with E-state index in [1.54, 1.807) is 6.20 Å². The molecule has 29 heavy (non-hydrogen) atoms. The van der Waals surface area contributed by atoms with Crippen molar-refractivity contribution in [2.75, 3.05) is 18.4 Å². The lowest BCUT2D eigenvalue weighted by Crippen LogP contribution is -2.26. The van der Waals surface area contributed by atoms with Crippen molar-refractivity contribution in [3.05, 3.63) is 90.0 Å². The number of para-hydroxylation sites is 1. The van der Waals surface area contributed by atoms with Crippen molar-refractivity contribution in [1.82, 2.24) is 20.3 Å². The summed E-state index contributed by atoms with van der Waals surface area (Å²) in [7, 11) is 0. The first-order valence-corrected chi connectivity index (χ1v) is 9.72. The van der Waals surface area contributed by atoms with Gasteiger partial charge in [-0.25, -0.2) is 9.97 Å². The number of benzene rings is 2. The van der Waals surface area contributed by atoms with Crippen molar-refractivity contribution in [3.8, 4) is 0 Å². The van der Waals surface area contributed by atoms with Crippen molar-refractivity contribution < 1.29 is 4.79 Å². The Hall–Kier alpha value is -3.67. The highest BCUT2D eigenvalue weighted by Gasteiger charge is 2.09. The molecule has 2 aromatic carbocycles. The van der Waals surface area contributed by atoms with Gasteiger partial charge in [0, 0.05) is 30.2 Å². The number of aromatic amines is 1. The van der Waals surface area contributed by atoms with Crippen LogP contribution in [0.5, 0.6) is 0 Å². The van der Waals surface area contributed by atoms with E-state index in [0.717, 1.165) is 24.9 Å². The van der Waals surface area contributed by atoms with E-state index in [9.17, 15) is 4.79 Å². The van der Waals surface area contributed by atoms with E-state index in [0.29, 0.717) is 18.1 Å². The van der Waals surface area contributed by atoms with Crippen LogP contribution in [0.25, 0.3) is 10.9 Å². The zero-order valence-corrected chi connectivity index (χ0v) is 16.1. The predicted octanol–water partition coefficient (Wildman–Crippen LogP) is 3.59. The minimum atomic E-state index is -0.215. The molecule has 6 nitrogen and oxygen atoms in total. The fourth-order valence-electron chi connectivity index (χ4n) is 3.26. The standard InChI is InChI=1S/C23H23N5O/c29-23(25-13-11-18-14-26-20-9-5-4-8-19(18)20)21-15-28-22(16-27-21)24-12-10-17-6-2-1-3-7-17/h1-9,14-16,26H,10-13H2,(H,24,28)(H,25,29). The lowest BCUT2D eigenvalue weighted by molar-refractivity contribution is 0.0949. The molecule has 0 unspecified atom stereocenters. The van der Waals surface area contributed by atoms with Gasteiger partial charge in [0.25, 0.3) is 5.91 Å². The number of amides is 1. The van der Waals surface area contributed by atoms with E-state index in [-0.39, 0.29) is 5.91 Å². The molecular formula is C23H23N5O. The third-order valence-electron chi connectivity index (χ3n) is 4.80. The molecule has 0 aliphatic rings. The third kappa shape index (κ3) is 4.79. The predicted molar refractivity (Wildman–Crippen MR) is 115 cm³/mol. The SMILES string of the molecule is O=C(NCCc1c[nH]c2ccccc12)c1cnc(NCCc2ccccc2)cn1. The summed E-state index contributed by atoms with van der Waals surface area (Å²) in [6, 6.07) is 18.4. The van der Waals surface area contributed by atoms with Gasteiger partial charge < -0.3 is 15.6 Å². The first-order valence-electron chi connectivity index (χ1n) is 9.72. The monoisotopic (exact) mass is 385 g/mol. The number of hydrogen-bond acceptors (Lipinski definition) is 4. The average Bonchev–Trinajstić information content (AvgIpc) is 3.18. The van der Waals surface area contributed by atoms with Crippen molar-refractivity contribution in [2.45, 2.75) is 12.8 Å². The number of aromatic nitrogens is 3. The summed E-state index contributed by atoms with van der Waals surface area (Å²) in [4.78, 5) is 24.1. The molecule has 0 bridgehead atoms. The summed E-state index contributed by atoms with van der Waals surface area (Å²) >= 11 is 0. The van der Waals surface area contributed by atoms with Gasteiger partial charge in [-0.2, -0.15) is 0 Å². The van der Waals surface area contributed by atoms with Crippen LogP contribution in [0.2, 0.25) is 0 Å². The van der Waals surface area contributed by atoms with Gasteiger partial charge in [0.05, 0.1) is 12.4 Å². The van der Waals surface area contributed by atoms with Crippen LogP contribution in [0.15, 0.2) is 73.2 Å². The number of H-pyrrole nitrogens is 1. The molecule has 0 atom stereocenters. The van der Waals surface area contributed by atoms with Gasteiger partial charge in [-0.1, -0.05) is 48.5 Å². The Bertz CT molecular complexity index is 1070. The molecule has 4 aromatic rings. The quantitative estimate of drug-likeness (QED) is 0.433. The van der Waals surface area contributed by atoms with E-state index in [4.69, 9.17) is 0 Å². The van der Waals surface area contributed by atoms with E-state index in [2.05, 4.69) is 43.8 Å². The van der Waals surface area contributed by atoms with Crippen LogP contribution in [-0.2, 0) is 12.8 Å². The molecule has 0 aliphatic heterocycles. The van der Waals surface area contributed by atoms with Crippen LogP contribution >= 0.6 is 0 Å². The van der Waals surface area contributed by atoms with E-state index >= 15 is 0 Å². The van der Waals surface area contributed by atoms with Crippen LogP contribution in [0.3, 0.4) is 0 Å². The molecule has 146 valence electrons. The molecule has 0 saturated carbocycles. The Balaban J connectivity index is 1.24. The fourth-order valence-corrected chi connectivity index (χ4v) is 3.26. The Morgan fingerprint density at radius 2 is 1.72 bits per heavy atom. The van der Waals surface area contributed by atoms with Crippen LogP contribution in [-0.4, -0.2) is 33.9 Å². The number of anilines is 1. The molecule has 0 spiro atoms. The number of hydrogen-bond donors (Lipinski definition) is 3. The zero-order chi connectivity index (χ0) is 19.9. The smallest absolute Gasteiger partial charge is 0.271 e. The summed E-state index contributed by atoms with van der Waals surface area (Å²) in [5.41, 5.74) is 3.87. The second-order valence-electron chi connectivity index (χ2n) is 6.81. The van der Waals surface area contributed by atoms with Crippen molar-refractivity contribution in [2.24, 2.45) is 0 Å². The molecular weight excluding hydrogens is 362 g/mol. The maximum Gasteiger partial charge on any atom is 0.271 e. The lowest BCUT2D eigenvalue weighted by Gasteiger charge is -2.07. The lowest BCUT2D eigenvalue weighted by atomic mass is 10.1. The van der Waals surface area contributed by atoms with Crippen molar-refractivity contribution >= 4 is 22.6 Å². The second kappa shape index (κ2) is 9.01. The summed E-state index contributed by atoms with van der Waals surface area (Å²) < 4.78 is 0. The summed E-state index contributed by atoms with van der Waals surface area (Å²) in [5, 5.41) is 7.33. The second-order valence-corrected chi connectivity index (χ2v) is 6.81. The Morgan fingerprint density at radius 1 is 0.897 bits per heavy atom. The third-order valence-corrected chi connectivity index (χ3v) is 4.80. The largest absolute Gasteiger partial charge is 0.368 e. The fraction of sp³-hybridized carbons (Fsp3) is 0.174. The number of rotatable bonds is 8. The Kier molecular flexibility index (Phi) is 5.81. The molecule has 0 saturated heterocycles. The van der Waals surface area contributed by atoms with Gasteiger partial charge in [-0.3, -0.25) is 4.79 Å². The molecule has 3 N–H and O–H groups in total. The number of carbonyl (C=O) groups is 1. The number of nitrogens with zero attached hydrogens (tertiary/aromatic N) is 2. The Labute approximate surface area is 169 Å². The minimum absolute atomic E-state index is 0.215. The van der Waals surface area contributed by atoms with Gasteiger partial charge in [0.1, 0.15) is 11.5 Å². The molecule has 0 aliphatic carbocycles. The van der Waals surface area contributed by atoms with Crippen molar-refractivity contribution in [1.29, 1.82) is 0 Å². The molecule has 0 radical (unpaired) electrons. The number of fused-ring (bicyclic) bond motifs is 1. The normalized spacial score (nSPS) is 10.8. The highest BCUT2D eigenvalue weighted by atomic mass is 16.1. The van der Waals surface area contributed by atoms with E-state index in [1.807, 2.05) is 42.6 Å². The summed E-state index contributed by atoms with van der Waals surface area (Å²) in [6.45, 7) is 1.30. The molecule has 4 rings (SSSR count). The minimum Gasteiger partial charge on any atom is -0.368 e. The van der Waals surface area contributed by atoms with Gasteiger partial charge >= 0.3 is 0 Å². The molecule has 2 aromatic heterocycles. The summed E-state index contributed by atoms with van der Waals surface area (Å²) in [6.07, 6.45) is 6.75.